The molecule has 1 aromatic carbocycles. The predicted octanol–water partition coefficient (Wildman–Crippen LogP) is 2.39. The summed E-state index contributed by atoms with van der Waals surface area (Å²) in [4.78, 5) is 11.8. The molecule has 1 amide bonds. The minimum absolute atomic E-state index is 0.0484. The van der Waals surface area contributed by atoms with Crippen molar-refractivity contribution in [3.05, 3.63) is 42.5 Å². The molecule has 106 valence electrons. The Labute approximate surface area is 116 Å². The summed E-state index contributed by atoms with van der Waals surface area (Å²) < 4.78 is 14.7. The van der Waals surface area contributed by atoms with Crippen molar-refractivity contribution >= 4 is 17.3 Å². The maximum absolute atomic E-state index is 13.0. The summed E-state index contributed by atoms with van der Waals surface area (Å²) in [5.41, 5.74) is 1.32. The van der Waals surface area contributed by atoms with Crippen molar-refractivity contribution in [3.63, 3.8) is 0 Å². The molecule has 0 unspecified atom stereocenters. The first-order valence-corrected chi connectivity index (χ1v) is 6.33. The summed E-state index contributed by atoms with van der Waals surface area (Å²) in [6, 6.07) is 5.79. The van der Waals surface area contributed by atoms with E-state index in [4.69, 9.17) is 0 Å². The topological polar surface area (TPSA) is 59.0 Å². The van der Waals surface area contributed by atoms with Gasteiger partial charge in [0.15, 0.2) is 0 Å². The van der Waals surface area contributed by atoms with E-state index in [2.05, 4.69) is 15.7 Å². The van der Waals surface area contributed by atoms with E-state index in [0.717, 1.165) is 5.69 Å². The molecule has 0 aliphatic rings. The molecule has 2 rings (SSSR count). The number of carbonyl (C=O) groups is 1. The third-order valence-corrected chi connectivity index (χ3v) is 2.72. The Kier molecular flexibility index (Phi) is 4.34. The molecule has 0 saturated carbocycles. The zero-order valence-electron chi connectivity index (χ0n) is 11.4. The zero-order chi connectivity index (χ0) is 14.5. The fourth-order valence-corrected chi connectivity index (χ4v) is 1.89. The summed E-state index contributed by atoms with van der Waals surface area (Å²) >= 11 is 0. The Morgan fingerprint density at radius 1 is 1.45 bits per heavy atom. The van der Waals surface area contributed by atoms with E-state index >= 15 is 0 Å². The van der Waals surface area contributed by atoms with E-state index in [0.29, 0.717) is 5.69 Å². The number of halogens is 1. The van der Waals surface area contributed by atoms with E-state index in [-0.39, 0.29) is 24.2 Å². The van der Waals surface area contributed by atoms with E-state index < -0.39 is 0 Å². The number of hydrogen-bond acceptors (Lipinski definition) is 3. The SMILES string of the molecule is C[C@@H](CC(=O)Nc1cccc(F)c1)Nc1cnn(C)c1. The highest BCUT2D eigenvalue weighted by molar-refractivity contribution is 5.91. The summed E-state index contributed by atoms with van der Waals surface area (Å²) in [6.07, 6.45) is 3.81. The van der Waals surface area contributed by atoms with Crippen molar-refractivity contribution in [2.75, 3.05) is 10.6 Å². The Morgan fingerprint density at radius 2 is 2.25 bits per heavy atom. The lowest BCUT2D eigenvalue weighted by molar-refractivity contribution is -0.116. The van der Waals surface area contributed by atoms with Crippen LogP contribution in [0.15, 0.2) is 36.7 Å². The fraction of sp³-hybridized carbons (Fsp3) is 0.286. The molecule has 6 heteroatoms. The molecule has 0 spiro atoms. The largest absolute Gasteiger partial charge is 0.380 e. The Hall–Kier alpha value is -2.37. The number of aromatic nitrogens is 2. The molecular formula is C14H17FN4O. The lowest BCUT2D eigenvalue weighted by Crippen LogP contribution is -2.23. The minimum Gasteiger partial charge on any atom is -0.380 e. The highest BCUT2D eigenvalue weighted by atomic mass is 19.1. The van der Waals surface area contributed by atoms with E-state index in [1.165, 1.54) is 12.1 Å². The van der Waals surface area contributed by atoms with Crippen molar-refractivity contribution < 1.29 is 9.18 Å². The average molecular weight is 276 g/mol. The summed E-state index contributed by atoms with van der Waals surface area (Å²) in [6.45, 7) is 1.90. The molecule has 0 saturated heterocycles. The molecule has 0 fully saturated rings. The summed E-state index contributed by atoms with van der Waals surface area (Å²) in [5, 5.41) is 9.88. The lowest BCUT2D eigenvalue weighted by atomic mass is 10.2. The van der Waals surface area contributed by atoms with E-state index in [1.807, 2.05) is 20.2 Å². The van der Waals surface area contributed by atoms with Gasteiger partial charge in [0.25, 0.3) is 0 Å². The number of benzene rings is 1. The molecule has 0 bridgehead atoms. The van der Waals surface area contributed by atoms with Crippen LogP contribution in [0, 0.1) is 5.82 Å². The standard InChI is InChI=1S/C14H17FN4O/c1-10(17-13-8-16-19(2)9-13)6-14(20)18-12-5-3-4-11(15)7-12/h3-5,7-10,17H,6H2,1-2H3,(H,18,20)/t10-/m0/s1. The van der Waals surface area contributed by atoms with Crippen molar-refractivity contribution in [2.24, 2.45) is 7.05 Å². The van der Waals surface area contributed by atoms with Gasteiger partial charge in [0.2, 0.25) is 5.91 Å². The third kappa shape index (κ3) is 4.08. The number of aryl methyl sites for hydroxylation is 1. The van der Waals surface area contributed by atoms with Crippen LogP contribution in [0.2, 0.25) is 0 Å². The van der Waals surface area contributed by atoms with Crippen LogP contribution in [-0.4, -0.2) is 21.7 Å². The van der Waals surface area contributed by atoms with Crippen LogP contribution in [0.3, 0.4) is 0 Å². The Bertz CT molecular complexity index is 596. The molecule has 2 N–H and O–H groups in total. The number of nitrogens with one attached hydrogen (secondary N) is 2. The minimum atomic E-state index is -0.371. The van der Waals surface area contributed by atoms with Crippen LogP contribution < -0.4 is 10.6 Å². The van der Waals surface area contributed by atoms with Crippen molar-refractivity contribution in [2.45, 2.75) is 19.4 Å². The monoisotopic (exact) mass is 276 g/mol. The van der Waals surface area contributed by atoms with Gasteiger partial charge in [-0.1, -0.05) is 6.07 Å². The Morgan fingerprint density at radius 3 is 2.90 bits per heavy atom. The molecule has 2 aromatic rings. The number of carbonyl (C=O) groups excluding carboxylic acids is 1. The molecular weight excluding hydrogens is 259 g/mol. The molecule has 1 atom stereocenters. The highest BCUT2D eigenvalue weighted by Gasteiger charge is 2.10. The number of hydrogen-bond donors (Lipinski definition) is 2. The van der Waals surface area contributed by atoms with Gasteiger partial charge in [-0.05, 0) is 25.1 Å². The van der Waals surface area contributed by atoms with Crippen LogP contribution in [-0.2, 0) is 11.8 Å². The van der Waals surface area contributed by atoms with Crippen LogP contribution in [0.25, 0.3) is 0 Å². The van der Waals surface area contributed by atoms with Crippen LogP contribution in [0.5, 0.6) is 0 Å². The maximum atomic E-state index is 13.0. The second kappa shape index (κ2) is 6.18. The van der Waals surface area contributed by atoms with Gasteiger partial charge in [-0.3, -0.25) is 9.48 Å². The van der Waals surface area contributed by atoms with Gasteiger partial charge < -0.3 is 10.6 Å². The molecule has 1 heterocycles. The van der Waals surface area contributed by atoms with Crippen LogP contribution in [0.1, 0.15) is 13.3 Å². The second-order valence-corrected chi connectivity index (χ2v) is 4.71. The maximum Gasteiger partial charge on any atom is 0.226 e. The molecule has 1 aromatic heterocycles. The fourth-order valence-electron chi connectivity index (χ4n) is 1.89. The first kappa shape index (κ1) is 14.0. The molecule has 0 aliphatic heterocycles. The molecule has 5 nitrogen and oxygen atoms in total. The smallest absolute Gasteiger partial charge is 0.226 e. The summed E-state index contributed by atoms with van der Waals surface area (Å²) in [7, 11) is 1.83. The average Bonchev–Trinajstić information content (AvgIpc) is 2.74. The summed E-state index contributed by atoms with van der Waals surface area (Å²) in [5.74, 6) is -0.538. The molecule has 0 radical (unpaired) electrons. The van der Waals surface area contributed by atoms with Gasteiger partial charge in [-0.25, -0.2) is 4.39 Å². The highest BCUT2D eigenvalue weighted by Crippen LogP contribution is 2.11. The van der Waals surface area contributed by atoms with Gasteiger partial charge >= 0.3 is 0 Å². The van der Waals surface area contributed by atoms with Crippen molar-refractivity contribution in [3.8, 4) is 0 Å². The number of anilines is 2. The van der Waals surface area contributed by atoms with Gasteiger partial charge in [-0.15, -0.1) is 0 Å². The predicted molar refractivity (Wildman–Crippen MR) is 75.9 cm³/mol. The number of rotatable bonds is 5. The number of nitrogens with zero attached hydrogens (tertiary/aromatic N) is 2. The molecule has 20 heavy (non-hydrogen) atoms. The van der Waals surface area contributed by atoms with Crippen LogP contribution >= 0.6 is 0 Å². The van der Waals surface area contributed by atoms with Gasteiger partial charge in [-0.2, -0.15) is 5.10 Å². The normalized spacial score (nSPS) is 11.9. The third-order valence-electron chi connectivity index (χ3n) is 2.72. The van der Waals surface area contributed by atoms with Gasteiger partial charge in [0.1, 0.15) is 5.82 Å². The first-order valence-electron chi connectivity index (χ1n) is 6.33. The van der Waals surface area contributed by atoms with Gasteiger partial charge in [0.05, 0.1) is 11.9 Å². The first-order chi connectivity index (χ1) is 9.52. The Balaban J connectivity index is 1.84. The van der Waals surface area contributed by atoms with E-state index in [9.17, 15) is 9.18 Å². The van der Waals surface area contributed by atoms with Crippen LogP contribution in [0.4, 0.5) is 15.8 Å². The van der Waals surface area contributed by atoms with E-state index in [1.54, 1.807) is 23.0 Å². The lowest BCUT2D eigenvalue weighted by Gasteiger charge is -2.13. The second-order valence-electron chi connectivity index (χ2n) is 4.71. The number of amides is 1. The quantitative estimate of drug-likeness (QED) is 0.881. The van der Waals surface area contributed by atoms with Crippen molar-refractivity contribution in [1.82, 2.24) is 9.78 Å². The molecule has 0 aliphatic carbocycles. The van der Waals surface area contributed by atoms with Crippen molar-refractivity contribution in [1.29, 1.82) is 0 Å². The van der Waals surface area contributed by atoms with Gasteiger partial charge in [0, 0.05) is 31.4 Å². The zero-order valence-corrected chi connectivity index (χ0v) is 11.4.